The highest BCUT2D eigenvalue weighted by atomic mass is 32.1. The van der Waals surface area contributed by atoms with Gasteiger partial charge in [-0.2, -0.15) is 0 Å². The molecule has 0 spiro atoms. The van der Waals surface area contributed by atoms with Crippen molar-refractivity contribution in [2.75, 3.05) is 25.0 Å². The topological polar surface area (TPSA) is 45.4 Å². The number of nitrogens with zero attached hydrogens (tertiary/aromatic N) is 3. The fourth-order valence-corrected chi connectivity index (χ4v) is 3.93. The Morgan fingerprint density at radius 1 is 1.25 bits per heavy atom. The van der Waals surface area contributed by atoms with Crippen molar-refractivity contribution in [2.45, 2.75) is 58.7 Å². The van der Waals surface area contributed by atoms with Gasteiger partial charge in [-0.25, -0.2) is 4.98 Å². The van der Waals surface area contributed by atoms with Crippen LogP contribution in [0.15, 0.2) is 0 Å². The Morgan fingerprint density at radius 2 is 1.80 bits per heavy atom. The molecule has 1 fully saturated rings. The van der Waals surface area contributed by atoms with E-state index in [1.165, 1.54) is 10.6 Å². The Labute approximate surface area is 127 Å². The smallest absolute Gasteiger partial charge is 0.185 e. The van der Waals surface area contributed by atoms with Crippen LogP contribution in [0.1, 0.15) is 45.2 Å². The lowest BCUT2D eigenvalue weighted by molar-refractivity contribution is 0.170. The minimum atomic E-state index is 0.0628. The summed E-state index contributed by atoms with van der Waals surface area (Å²) >= 11 is 1.77. The van der Waals surface area contributed by atoms with Crippen LogP contribution < -0.4 is 10.6 Å². The fraction of sp³-hybridized carbons (Fsp3) is 0.800. The van der Waals surface area contributed by atoms with Gasteiger partial charge in [-0.3, -0.25) is 4.90 Å². The highest BCUT2D eigenvalue weighted by Crippen LogP contribution is 2.34. The SMILES string of the molecule is CC1CN(c2nc(C(C)(C)C)c(CN)s2)CC(C)N1C. The van der Waals surface area contributed by atoms with Crippen LogP contribution >= 0.6 is 11.3 Å². The summed E-state index contributed by atoms with van der Waals surface area (Å²) in [5.41, 5.74) is 7.14. The van der Waals surface area contributed by atoms with E-state index in [4.69, 9.17) is 10.7 Å². The molecule has 5 heteroatoms. The van der Waals surface area contributed by atoms with E-state index in [1.807, 2.05) is 0 Å². The highest BCUT2D eigenvalue weighted by molar-refractivity contribution is 7.15. The van der Waals surface area contributed by atoms with Crippen molar-refractivity contribution in [1.29, 1.82) is 0 Å². The zero-order chi connectivity index (χ0) is 15.1. The molecule has 0 bridgehead atoms. The molecule has 1 aliphatic rings. The van der Waals surface area contributed by atoms with E-state index in [-0.39, 0.29) is 5.41 Å². The van der Waals surface area contributed by atoms with Crippen molar-refractivity contribution in [3.63, 3.8) is 0 Å². The Bertz CT molecular complexity index is 451. The van der Waals surface area contributed by atoms with Gasteiger partial charge in [0.05, 0.1) is 5.69 Å². The molecule has 20 heavy (non-hydrogen) atoms. The predicted molar refractivity (Wildman–Crippen MR) is 87.6 cm³/mol. The fourth-order valence-electron chi connectivity index (χ4n) is 2.76. The van der Waals surface area contributed by atoms with E-state index < -0.39 is 0 Å². The van der Waals surface area contributed by atoms with Crippen LogP contribution in [-0.4, -0.2) is 42.1 Å². The van der Waals surface area contributed by atoms with Gasteiger partial charge in [0.25, 0.3) is 0 Å². The van der Waals surface area contributed by atoms with Gasteiger partial charge in [-0.05, 0) is 20.9 Å². The van der Waals surface area contributed by atoms with Gasteiger partial charge >= 0.3 is 0 Å². The molecule has 0 amide bonds. The summed E-state index contributed by atoms with van der Waals surface area (Å²) in [5.74, 6) is 0. The normalized spacial score (nSPS) is 25.2. The quantitative estimate of drug-likeness (QED) is 0.910. The largest absolute Gasteiger partial charge is 0.345 e. The van der Waals surface area contributed by atoms with E-state index in [1.54, 1.807) is 11.3 Å². The van der Waals surface area contributed by atoms with Crippen LogP contribution in [0, 0.1) is 0 Å². The van der Waals surface area contributed by atoms with E-state index in [9.17, 15) is 0 Å². The monoisotopic (exact) mass is 296 g/mol. The molecule has 2 unspecified atom stereocenters. The maximum Gasteiger partial charge on any atom is 0.185 e. The molecule has 0 radical (unpaired) electrons. The van der Waals surface area contributed by atoms with E-state index in [0.717, 1.165) is 18.2 Å². The van der Waals surface area contributed by atoms with Crippen molar-refractivity contribution in [3.8, 4) is 0 Å². The summed E-state index contributed by atoms with van der Waals surface area (Å²) in [6, 6.07) is 1.11. The minimum Gasteiger partial charge on any atom is -0.345 e. The zero-order valence-electron chi connectivity index (χ0n) is 13.6. The Hall–Kier alpha value is -0.650. The lowest BCUT2D eigenvalue weighted by Gasteiger charge is -2.42. The summed E-state index contributed by atoms with van der Waals surface area (Å²) in [7, 11) is 2.21. The third kappa shape index (κ3) is 3.00. The number of anilines is 1. The first kappa shape index (κ1) is 15.7. The van der Waals surface area contributed by atoms with Gasteiger partial charge < -0.3 is 10.6 Å². The first-order valence-electron chi connectivity index (χ1n) is 7.41. The summed E-state index contributed by atoms with van der Waals surface area (Å²) in [4.78, 5) is 11.0. The Morgan fingerprint density at radius 3 is 2.20 bits per heavy atom. The number of aromatic nitrogens is 1. The zero-order valence-corrected chi connectivity index (χ0v) is 14.4. The average Bonchev–Trinajstić information content (AvgIpc) is 2.79. The van der Waals surface area contributed by atoms with Crippen molar-refractivity contribution in [1.82, 2.24) is 9.88 Å². The molecule has 1 aliphatic heterocycles. The number of thiazole rings is 1. The van der Waals surface area contributed by atoms with Gasteiger partial charge in [0.2, 0.25) is 0 Å². The summed E-state index contributed by atoms with van der Waals surface area (Å²) < 4.78 is 0. The van der Waals surface area contributed by atoms with Gasteiger partial charge in [-0.1, -0.05) is 20.8 Å². The predicted octanol–water partition coefficient (Wildman–Crippen LogP) is 2.43. The second-order valence-electron chi connectivity index (χ2n) is 6.99. The first-order chi connectivity index (χ1) is 9.24. The molecule has 2 rings (SSSR count). The lowest BCUT2D eigenvalue weighted by atomic mass is 9.91. The Balaban J connectivity index is 2.28. The van der Waals surface area contributed by atoms with Gasteiger partial charge in [0, 0.05) is 42.0 Å². The first-order valence-corrected chi connectivity index (χ1v) is 8.22. The molecule has 0 saturated carbocycles. The van der Waals surface area contributed by atoms with Crippen molar-refractivity contribution >= 4 is 16.5 Å². The number of nitrogens with two attached hydrogens (primary N) is 1. The number of hydrogen-bond acceptors (Lipinski definition) is 5. The van der Waals surface area contributed by atoms with Crippen molar-refractivity contribution in [3.05, 3.63) is 10.6 Å². The number of rotatable bonds is 2. The van der Waals surface area contributed by atoms with Crippen LogP contribution in [0.4, 0.5) is 5.13 Å². The number of hydrogen-bond donors (Lipinski definition) is 1. The van der Waals surface area contributed by atoms with Crippen molar-refractivity contribution < 1.29 is 0 Å². The number of piperazine rings is 1. The highest BCUT2D eigenvalue weighted by Gasteiger charge is 2.30. The summed E-state index contributed by atoms with van der Waals surface area (Å²) in [6.45, 7) is 13.9. The number of likely N-dealkylation sites (N-methyl/N-ethyl adjacent to an activating group) is 1. The van der Waals surface area contributed by atoms with Crippen LogP contribution in [-0.2, 0) is 12.0 Å². The summed E-state index contributed by atoms with van der Waals surface area (Å²) in [5, 5.41) is 1.14. The maximum absolute atomic E-state index is 5.91. The molecule has 1 aromatic rings. The third-order valence-corrected chi connectivity index (χ3v) is 5.35. The standard InChI is InChI=1S/C15H28N4S/c1-10-8-19(9-11(2)18(10)6)14-17-13(15(3,4)5)12(7-16)20-14/h10-11H,7-9,16H2,1-6H3. The molecule has 1 saturated heterocycles. The second kappa shape index (κ2) is 5.62. The third-order valence-electron chi connectivity index (χ3n) is 4.21. The molecule has 0 aromatic carbocycles. The van der Waals surface area contributed by atoms with E-state index in [2.05, 4.69) is 51.5 Å². The van der Waals surface area contributed by atoms with Gasteiger partial charge in [0.15, 0.2) is 5.13 Å². The van der Waals surface area contributed by atoms with E-state index in [0.29, 0.717) is 18.6 Å². The van der Waals surface area contributed by atoms with Crippen LogP contribution in [0.3, 0.4) is 0 Å². The maximum atomic E-state index is 5.91. The molecule has 2 N–H and O–H groups in total. The molecular formula is C15H28N4S. The molecule has 4 nitrogen and oxygen atoms in total. The van der Waals surface area contributed by atoms with Crippen LogP contribution in [0.25, 0.3) is 0 Å². The van der Waals surface area contributed by atoms with E-state index >= 15 is 0 Å². The molecule has 1 aromatic heterocycles. The van der Waals surface area contributed by atoms with Crippen molar-refractivity contribution in [2.24, 2.45) is 5.73 Å². The van der Waals surface area contributed by atoms with Crippen LogP contribution in [0.5, 0.6) is 0 Å². The molecular weight excluding hydrogens is 268 g/mol. The molecule has 114 valence electrons. The van der Waals surface area contributed by atoms with Gasteiger partial charge in [0.1, 0.15) is 0 Å². The van der Waals surface area contributed by atoms with Crippen LogP contribution in [0.2, 0.25) is 0 Å². The molecule has 0 aliphatic carbocycles. The molecule has 2 heterocycles. The Kier molecular flexibility index (Phi) is 4.42. The van der Waals surface area contributed by atoms with Gasteiger partial charge in [-0.15, -0.1) is 11.3 Å². The summed E-state index contributed by atoms with van der Waals surface area (Å²) in [6.07, 6.45) is 0. The second-order valence-corrected chi connectivity index (χ2v) is 8.05. The molecule has 2 atom stereocenters. The average molecular weight is 296 g/mol. The minimum absolute atomic E-state index is 0.0628. The lowest BCUT2D eigenvalue weighted by Crippen LogP contribution is -2.55.